The van der Waals surface area contributed by atoms with Crippen LogP contribution in [0.25, 0.3) is 0 Å². The Hall–Kier alpha value is -3.88. The van der Waals surface area contributed by atoms with E-state index in [4.69, 9.17) is 15.2 Å². The van der Waals surface area contributed by atoms with Crippen LogP contribution in [-0.4, -0.2) is 65.1 Å². The van der Waals surface area contributed by atoms with Crippen LogP contribution in [0.15, 0.2) is 76.4 Å². The lowest BCUT2D eigenvalue weighted by atomic mass is 9.28. The summed E-state index contributed by atoms with van der Waals surface area (Å²) in [4.78, 5) is 36.7. The van der Waals surface area contributed by atoms with Crippen LogP contribution in [0.3, 0.4) is 0 Å². The standard InChI is InChI=1S/C55H67N3O5/c1-3-9-39-27-44(59)50-53-20-19-40-42-26-37(46-31(2)22-36-17-18-43-38-25-34(28-57(39)30-38)29-58(43)49(36)48(40)46)24-33-12-6-11-32(23-33)10-4-5-16-45(54(42,53)52(61)62-50)55(53)41-15-7-13-35(14-8-21-56)47(41)51(60)63-55/h6-7,11-13,15,23,31,34,37-39,43,45-46,48,59H,3-5,8-10,14,16-22,24-30,56H2,1-2H3/t31-,34-,37-,38+,39-,43-,45-,46+,48-,53+,54-,55+/m0/s1. The molecule has 8 nitrogen and oxygen atoms in total. The van der Waals surface area contributed by atoms with E-state index >= 15 is 4.79 Å². The molecule has 3 N–H and O–H groups in total. The Morgan fingerprint density at radius 2 is 1.81 bits per heavy atom. The minimum Gasteiger partial charge on any atom is -0.509 e. The molecular formula is C55H67N3O5. The van der Waals surface area contributed by atoms with Crippen LogP contribution in [0.2, 0.25) is 0 Å². The number of hydrogen-bond donors (Lipinski definition) is 2. The van der Waals surface area contributed by atoms with Gasteiger partial charge in [0.15, 0.2) is 11.4 Å². The minimum atomic E-state index is -1.13. The van der Waals surface area contributed by atoms with E-state index in [2.05, 4.69) is 66.1 Å². The molecule has 0 radical (unpaired) electrons. The topological polar surface area (TPSA) is 105 Å². The van der Waals surface area contributed by atoms with Gasteiger partial charge < -0.3 is 25.2 Å². The van der Waals surface area contributed by atoms with Crippen molar-refractivity contribution < 1.29 is 24.2 Å². The SMILES string of the molecule is CCC[C@H]1CC(O)=C2OC(=O)[C@@]34C5=C6CC[C@@]23[C@]2(OC(=O)c3c(CCCN)cccc32)[C@H]4CCCCc2cccc(c2)C[C@@H](C5)[C@@H]2[C@H]6C3=C(CC[C@H]4[C@@H]5C[C@@H](CN1C5)CN34)C[C@@H]2C. The zero-order chi connectivity index (χ0) is 42.6. The van der Waals surface area contributed by atoms with Gasteiger partial charge in [0.2, 0.25) is 0 Å². The lowest BCUT2D eigenvalue weighted by molar-refractivity contribution is -0.279. The molecule has 332 valence electrons. The summed E-state index contributed by atoms with van der Waals surface area (Å²) < 4.78 is 14.2. The molecule has 9 aliphatic heterocycles. The van der Waals surface area contributed by atoms with Crippen LogP contribution in [-0.2, 0) is 39.1 Å². The number of hydrogen-bond acceptors (Lipinski definition) is 8. The monoisotopic (exact) mass is 850 g/mol. The fourth-order valence-electron chi connectivity index (χ4n) is 18.0. The lowest BCUT2D eigenvalue weighted by Crippen LogP contribution is -2.77. The van der Waals surface area contributed by atoms with Gasteiger partial charge in [0.25, 0.3) is 0 Å². The third-order valence-electron chi connectivity index (χ3n) is 19.7. The van der Waals surface area contributed by atoms with E-state index in [-0.39, 0.29) is 35.6 Å². The summed E-state index contributed by atoms with van der Waals surface area (Å²) in [6, 6.07) is 16.4. The summed E-state index contributed by atoms with van der Waals surface area (Å²) in [7, 11) is 0. The number of esters is 2. The van der Waals surface area contributed by atoms with E-state index in [0.717, 1.165) is 95.0 Å². The largest absolute Gasteiger partial charge is 0.509 e. The second-order valence-corrected chi connectivity index (χ2v) is 22.5. The summed E-state index contributed by atoms with van der Waals surface area (Å²) >= 11 is 0. The van der Waals surface area contributed by atoms with Gasteiger partial charge in [-0.1, -0.05) is 85.9 Å². The summed E-state index contributed by atoms with van der Waals surface area (Å²) in [6.45, 7) is 8.59. The number of piperidine rings is 2. The lowest BCUT2D eigenvalue weighted by Gasteiger charge is -2.72. The number of benzene rings is 2. The third kappa shape index (κ3) is 4.96. The zero-order valence-corrected chi connectivity index (χ0v) is 37.6. The predicted molar refractivity (Wildman–Crippen MR) is 241 cm³/mol. The molecule has 0 aromatic heterocycles. The van der Waals surface area contributed by atoms with Crippen LogP contribution >= 0.6 is 0 Å². The number of nitrogens with zero attached hydrogens (tertiary/aromatic N) is 2. The van der Waals surface area contributed by atoms with Crippen LogP contribution < -0.4 is 5.73 Å². The Morgan fingerprint density at radius 1 is 0.937 bits per heavy atom. The molecule has 2 aromatic rings. The molecule has 4 fully saturated rings. The van der Waals surface area contributed by atoms with E-state index in [0.29, 0.717) is 72.8 Å². The van der Waals surface area contributed by atoms with Gasteiger partial charge in [0.1, 0.15) is 11.2 Å². The quantitative estimate of drug-likeness (QED) is 0.227. The molecule has 16 rings (SSSR count). The molecule has 14 aliphatic rings. The first kappa shape index (κ1) is 39.5. The van der Waals surface area contributed by atoms with Crippen molar-refractivity contribution in [2.24, 2.45) is 58.0 Å². The first-order valence-corrected chi connectivity index (χ1v) is 25.5. The molecule has 63 heavy (non-hydrogen) atoms. The van der Waals surface area contributed by atoms with Crippen molar-refractivity contribution in [3.8, 4) is 0 Å². The minimum absolute atomic E-state index is 0.138. The molecule has 2 aromatic carbocycles. The molecule has 5 aliphatic carbocycles. The van der Waals surface area contributed by atoms with Crippen LogP contribution in [0.5, 0.6) is 0 Å². The van der Waals surface area contributed by atoms with Gasteiger partial charge in [-0.05, 0) is 143 Å². The number of carbonyl (C=O) groups is 2. The molecule has 8 heteroatoms. The fourth-order valence-corrected chi connectivity index (χ4v) is 18.0. The smallest absolute Gasteiger partial charge is 0.339 e. The molecule has 1 unspecified atom stereocenters. The van der Waals surface area contributed by atoms with E-state index in [1.54, 1.807) is 11.3 Å². The Balaban J connectivity index is 1.12. The average Bonchev–Trinajstić information content (AvgIpc) is 3.73. The second kappa shape index (κ2) is 14.1. The van der Waals surface area contributed by atoms with E-state index < -0.39 is 16.4 Å². The third-order valence-corrected chi connectivity index (χ3v) is 19.7. The predicted octanol–water partition coefficient (Wildman–Crippen LogP) is 9.47. The van der Waals surface area contributed by atoms with Crippen LogP contribution in [0.4, 0.5) is 0 Å². The maximum absolute atomic E-state index is 16.1. The maximum Gasteiger partial charge on any atom is 0.339 e. The number of nitrogens with two attached hydrogens (primary N) is 1. The van der Waals surface area contributed by atoms with Gasteiger partial charge in [-0.3, -0.25) is 9.69 Å². The summed E-state index contributed by atoms with van der Waals surface area (Å²) in [6.07, 6.45) is 15.7. The average molecular weight is 850 g/mol. The van der Waals surface area contributed by atoms with Crippen LogP contribution in [0.1, 0.15) is 136 Å². The number of aryl methyl sites for hydroxylation is 2. The number of fused-ring (bicyclic) bond motifs is 7. The van der Waals surface area contributed by atoms with Crippen molar-refractivity contribution in [2.75, 3.05) is 26.2 Å². The Morgan fingerprint density at radius 3 is 2.68 bits per heavy atom. The van der Waals surface area contributed by atoms with Gasteiger partial charge in [-0.2, -0.15) is 0 Å². The zero-order valence-electron chi connectivity index (χ0n) is 37.6. The fraction of sp³-hybridized carbons (Fsp3) is 0.636. The highest BCUT2D eigenvalue weighted by Crippen LogP contribution is 2.87. The Bertz CT molecular complexity index is 2420. The molecule has 0 amide bonds. The maximum atomic E-state index is 16.1. The second-order valence-electron chi connectivity index (χ2n) is 22.5. The van der Waals surface area contributed by atoms with Crippen molar-refractivity contribution in [2.45, 2.75) is 141 Å². The van der Waals surface area contributed by atoms with Gasteiger partial charge >= 0.3 is 11.9 Å². The van der Waals surface area contributed by atoms with Gasteiger partial charge in [0.05, 0.1) is 11.0 Å². The molecule has 15 bridgehead atoms. The van der Waals surface area contributed by atoms with E-state index in [1.165, 1.54) is 48.0 Å². The highest BCUT2D eigenvalue weighted by Gasteiger charge is 2.93. The van der Waals surface area contributed by atoms with Crippen molar-refractivity contribution in [3.05, 3.63) is 104 Å². The number of allylic oxidation sites excluding steroid dienone is 2. The highest BCUT2D eigenvalue weighted by atomic mass is 16.6. The molecule has 13 atom stereocenters. The van der Waals surface area contributed by atoms with Crippen molar-refractivity contribution >= 4 is 11.9 Å². The van der Waals surface area contributed by atoms with Gasteiger partial charge in [-0.15, -0.1) is 0 Å². The number of aliphatic hydroxyl groups excluding tert-OH is 1. The van der Waals surface area contributed by atoms with Crippen molar-refractivity contribution in [1.29, 1.82) is 0 Å². The van der Waals surface area contributed by atoms with Gasteiger partial charge in [0, 0.05) is 61.2 Å². The number of rotatable bonds is 5. The molecule has 9 heterocycles. The normalized spacial score (nSPS) is 41.5. The van der Waals surface area contributed by atoms with Crippen molar-refractivity contribution in [1.82, 2.24) is 9.80 Å². The first-order valence-electron chi connectivity index (χ1n) is 25.5. The first-order chi connectivity index (χ1) is 30.7. The van der Waals surface area contributed by atoms with E-state index in [9.17, 15) is 9.90 Å². The number of ether oxygens (including phenoxy) is 2. The highest BCUT2D eigenvalue weighted by molar-refractivity contribution is 6.00. The summed E-state index contributed by atoms with van der Waals surface area (Å²) in [5.41, 5.74) is 14.4. The number of carbonyl (C=O) groups excluding carboxylic acids is 2. The van der Waals surface area contributed by atoms with Crippen LogP contribution in [0, 0.1) is 52.3 Å². The Kier molecular flexibility index (Phi) is 8.81. The molecular weight excluding hydrogens is 783 g/mol. The Labute approximate surface area is 373 Å². The molecule has 3 spiro atoms. The molecule has 3 saturated heterocycles. The summed E-state index contributed by atoms with van der Waals surface area (Å²) in [5, 5.41) is 13.1. The van der Waals surface area contributed by atoms with Gasteiger partial charge in [-0.25, -0.2) is 4.79 Å². The van der Waals surface area contributed by atoms with E-state index in [1.807, 2.05) is 0 Å². The summed E-state index contributed by atoms with van der Waals surface area (Å²) in [5.74, 6) is 2.69. The number of aliphatic hydroxyl groups is 1. The van der Waals surface area contributed by atoms with Crippen molar-refractivity contribution in [3.63, 3.8) is 0 Å². The molecule has 1 saturated carbocycles.